The maximum absolute atomic E-state index is 11.7. The molecule has 3 nitrogen and oxygen atoms in total. The summed E-state index contributed by atoms with van der Waals surface area (Å²) in [7, 11) is -2.87. The lowest BCUT2D eigenvalue weighted by Crippen LogP contribution is -2.27. The molecule has 1 heterocycles. The second kappa shape index (κ2) is 4.32. The monoisotopic (exact) mass is 213 g/mol. The first kappa shape index (κ1) is 10.8. The summed E-state index contributed by atoms with van der Waals surface area (Å²) in [5.41, 5.74) is 0. The summed E-state index contributed by atoms with van der Waals surface area (Å²) in [5, 5.41) is 2.55. The van der Waals surface area contributed by atoms with Crippen molar-refractivity contribution in [2.24, 2.45) is 5.92 Å². The first-order valence-corrected chi connectivity index (χ1v) is 6.01. The van der Waals surface area contributed by atoms with Crippen LogP contribution in [0.15, 0.2) is 0 Å². The molecule has 1 N–H and O–H groups in total. The molecule has 13 heavy (non-hydrogen) atoms. The van der Waals surface area contributed by atoms with Crippen LogP contribution in [0.25, 0.3) is 0 Å². The minimum atomic E-state index is -2.87. The smallest absolute Gasteiger partial charge is 0.250 e. The zero-order chi connectivity index (χ0) is 9.90. The van der Waals surface area contributed by atoms with E-state index >= 15 is 0 Å². The van der Waals surface area contributed by atoms with Crippen molar-refractivity contribution in [2.75, 3.05) is 24.6 Å². The molecule has 0 spiro atoms. The van der Waals surface area contributed by atoms with Gasteiger partial charge in [-0.25, -0.2) is 17.2 Å². The summed E-state index contributed by atoms with van der Waals surface area (Å²) in [6.45, 7) is 0.0279. The van der Waals surface area contributed by atoms with E-state index in [1.54, 1.807) is 0 Å². The minimum absolute atomic E-state index is 0.0174. The van der Waals surface area contributed by atoms with Crippen molar-refractivity contribution >= 4 is 9.84 Å². The van der Waals surface area contributed by atoms with Gasteiger partial charge in [0.25, 0.3) is 6.43 Å². The van der Waals surface area contributed by atoms with Gasteiger partial charge in [-0.05, 0) is 18.9 Å². The van der Waals surface area contributed by atoms with Gasteiger partial charge in [0.1, 0.15) is 0 Å². The number of hydrogen-bond acceptors (Lipinski definition) is 3. The zero-order valence-electron chi connectivity index (χ0n) is 7.17. The van der Waals surface area contributed by atoms with Crippen molar-refractivity contribution in [1.29, 1.82) is 0 Å². The standard InChI is InChI=1S/C7H13F2NO2S/c8-7(9)4-10-3-6-1-2-13(11,12)5-6/h6-7,10H,1-5H2. The van der Waals surface area contributed by atoms with Gasteiger partial charge < -0.3 is 5.32 Å². The van der Waals surface area contributed by atoms with Crippen LogP contribution in [0.5, 0.6) is 0 Å². The van der Waals surface area contributed by atoms with E-state index in [1.807, 2.05) is 0 Å². The third-order valence-corrected chi connectivity index (χ3v) is 3.90. The van der Waals surface area contributed by atoms with Gasteiger partial charge in [-0.1, -0.05) is 0 Å². The highest BCUT2D eigenvalue weighted by molar-refractivity contribution is 7.91. The molecule has 78 valence electrons. The fourth-order valence-corrected chi connectivity index (χ4v) is 3.29. The molecule has 0 amide bonds. The highest BCUT2D eigenvalue weighted by atomic mass is 32.2. The van der Waals surface area contributed by atoms with E-state index in [0.29, 0.717) is 13.0 Å². The third-order valence-electron chi connectivity index (χ3n) is 2.06. The molecule has 1 fully saturated rings. The van der Waals surface area contributed by atoms with Crippen molar-refractivity contribution in [3.8, 4) is 0 Å². The summed E-state index contributed by atoms with van der Waals surface area (Å²) < 4.78 is 45.3. The third kappa shape index (κ3) is 3.99. The predicted molar refractivity (Wildman–Crippen MR) is 45.6 cm³/mol. The Kier molecular flexibility index (Phi) is 3.61. The highest BCUT2D eigenvalue weighted by Gasteiger charge is 2.27. The summed E-state index contributed by atoms with van der Waals surface area (Å²) >= 11 is 0. The molecule has 6 heteroatoms. The molecule has 0 aromatic heterocycles. The van der Waals surface area contributed by atoms with Crippen LogP contribution in [0.2, 0.25) is 0 Å². The largest absolute Gasteiger partial charge is 0.311 e. The van der Waals surface area contributed by atoms with Gasteiger partial charge in [0, 0.05) is 0 Å². The van der Waals surface area contributed by atoms with Crippen LogP contribution in [0.3, 0.4) is 0 Å². The number of halogens is 2. The number of nitrogens with one attached hydrogen (secondary N) is 1. The molecule has 0 aliphatic carbocycles. The fourth-order valence-electron chi connectivity index (χ4n) is 1.43. The fraction of sp³-hybridized carbons (Fsp3) is 1.00. The molecule has 0 aromatic carbocycles. The molecule has 0 aromatic rings. The average Bonchev–Trinajstić information content (AvgIpc) is 2.29. The van der Waals surface area contributed by atoms with E-state index in [2.05, 4.69) is 5.32 Å². The Morgan fingerprint density at radius 3 is 2.62 bits per heavy atom. The summed E-state index contributed by atoms with van der Waals surface area (Å²) in [6.07, 6.45) is -1.77. The second-order valence-electron chi connectivity index (χ2n) is 3.32. The lowest BCUT2D eigenvalue weighted by molar-refractivity contribution is 0.144. The normalized spacial score (nSPS) is 26.8. The van der Waals surface area contributed by atoms with Crippen molar-refractivity contribution < 1.29 is 17.2 Å². The van der Waals surface area contributed by atoms with Crippen LogP contribution < -0.4 is 5.32 Å². The Bertz CT molecular complexity index is 253. The van der Waals surface area contributed by atoms with Crippen LogP contribution >= 0.6 is 0 Å². The molecule has 1 atom stereocenters. The molecule has 1 aliphatic rings. The van der Waals surface area contributed by atoms with Crippen LogP contribution in [-0.2, 0) is 9.84 Å². The average molecular weight is 213 g/mol. The quantitative estimate of drug-likeness (QED) is 0.729. The van der Waals surface area contributed by atoms with Crippen molar-refractivity contribution in [1.82, 2.24) is 5.32 Å². The number of rotatable bonds is 4. The van der Waals surface area contributed by atoms with E-state index in [1.165, 1.54) is 0 Å². The Balaban J connectivity index is 2.18. The first-order chi connectivity index (χ1) is 5.99. The second-order valence-corrected chi connectivity index (χ2v) is 5.55. The lowest BCUT2D eigenvalue weighted by atomic mass is 10.1. The van der Waals surface area contributed by atoms with Gasteiger partial charge in [-0.2, -0.15) is 0 Å². The zero-order valence-corrected chi connectivity index (χ0v) is 7.99. The molecule has 1 aliphatic heterocycles. The highest BCUT2D eigenvalue weighted by Crippen LogP contribution is 2.17. The lowest BCUT2D eigenvalue weighted by Gasteiger charge is -2.08. The summed E-state index contributed by atoms with van der Waals surface area (Å²) in [4.78, 5) is 0. The Hall–Kier alpha value is -0.230. The maximum atomic E-state index is 11.7. The van der Waals surface area contributed by atoms with Gasteiger partial charge in [0.05, 0.1) is 18.1 Å². The van der Waals surface area contributed by atoms with E-state index in [9.17, 15) is 17.2 Å². The number of hydrogen-bond donors (Lipinski definition) is 1. The van der Waals surface area contributed by atoms with E-state index in [4.69, 9.17) is 0 Å². The van der Waals surface area contributed by atoms with Crippen LogP contribution in [0, 0.1) is 5.92 Å². The van der Waals surface area contributed by atoms with E-state index in [-0.39, 0.29) is 24.0 Å². The topological polar surface area (TPSA) is 46.2 Å². The predicted octanol–water partition coefficient (Wildman–Crippen LogP) is 0.276. The Morgan fingerprint density at radius 1 is 1.46 bits per heavy atom. The first-order valence-electron chi connectivity index (χ1n) is 4.19. The molecular formula is C7H13F2NO2S. The molecule has 1 unspecified atom stereocenters. The van der Waals surface area contributed by atoms with E-state index < -0.39 is 16.3 Å². The van der Waals surface area contributed by atoms with Crippen molar-refractivity contribution in [2.45, 2.75) is 12.8 Å². The van der Waals surface area contributed by atoms with Gasteiger partial charge in [0.15, 0.2) is 9.84 Å². The van der Waals surface area contributed by atoms with Gasteiger partial charge >= 0.3 is 0 Å². The number of alkyl halides is 2. The van der Waals surface area contributed by atoms with Crippen LogP contribution in [0.4, 0.5) is 8.78 Å². The molecular weight excluding hydrogens is 200 g/mol. The Morgan fingerprint density at radius 2 is 2.15 bits per heavy atom. The Labute approximate surface area is 76.4 Å². The van der Waals surface area contributed by atoms with Crippen LogP contribution in [0.1, 0.15) is 6.42 Å². The number of sulfone groups is 1. The van der Waals surface area contributed by atoms with Crippen molar-refractivity contribution in [3.63, 3.8) is 0 Å². The minimum Gasteiger partial charge on any atom is -0.311 e. The molecule has 1 saturated heterocycles. The summed E-state index contributed by atoms with van der Waals surface area (Å²) in [5.74, 6) is 0.362. The van der Waals surface area contributed by atoms with Gasteiger partial charge in [0.2, 0.25) is 0 Å². The molecule has 1 rings (SSSR count). The van der Waals surface area contributed by atoms with Gasteiger partial charge in [-0.3, -0.25) is 0 Å². The maximum Gasteiger partial charge on any atom is 0.250 e. The van der Waals surface area contributed by atoms with Crippen LogP contribution in [-0.4, -0.2) is 39.4 Å². The van der Waals surface area contributed by atoms with Gasteiger partial charge in [-0.15, -0.1) is 0 Å². The summed E-state index contributed by atoms with van der Waals surface area (Å²) in [6, 6.07) is 0. The van der Waals surface area contributed by atoms with E-state index in [0.717, 1.165) is 0 Å². The SMILES string of the molecule is O=S1(=O)CCC(CNCC(F)F)C1. The van der Waals surface area contributed by atoms with Crippen molar-refractivity contribution in [3.05, 3.63) is 0 Å². The molecule has 0 radical (unpaired) electrons. The molecule has 0 bridgehead atoms. The molecule has 0 saturated carbocycles.